The number of hydrogen-bond donors (Lipinski definition) is 2. The topological polar surface area (TPSA) is 46.2 Å². The summed E-state index contributed by atoms with van der Waals surface area (Å²) in [6.45, 7) is -0.0400. The van der Waals surface area contributed by atoms with E-state index in [-0.39, 0.29) is 12.6 Å². The van der Waals surface area contributed by atoms with Crippen LogP contribution in [0.4, 0.5) is 0 Å². The van der Waals surface area contributed by atoms with E-state index in [1.807, 2.05) is 12.1 Å². The third-order valence-electron chi connectivity index (χ3n) is 1.49. The van der Waals surface area contributed by atoms with Gasteiger partial charge in [-0.3, -0.25) is 0 Å². The Labute approximate surface area is 70.6 Å². The molecule has 1 unspecified atom stereocenters. The standard InChI is InChI=1S/C8H10ClNO/c9-7-3-1-6(2-4-7)8(10)5-11/h1-4,8,11H,5,10H2. The fourth-order valence-electron chi connectivity index (χ4n) is 0.815. The van der Waals surface area contributed by atoms with E-state index >= 15 is 0 Å². The van der Waals surface area contributed by atoms with E-state index in [0.717, 1.165) is 5.56 Å². The van der Waals surface area contributed by atoms with Gasteiger partial charge in [-0.05, 0) is 17.7 Å². The average molecular weight is 172 g/mol. The lowest BCUT2D eigenvalue weighted by Gasteiger charge is -2.07. The Morgan fingerprint density at radius 1 is 1.36 bits per heavy atom. The van der Waals surface area contributed by atoms with Gasteiger partial charge < -0.3 is 10.8 Å². The quantitative estimate of drug-likeness (QED) is 0.706. The minimum atomic E-state index is -0.299. The van der Waals surface area contributed by atoms with Gasteiger partial charge >= 0.3 is 0 Å². The Hall–Kier alpha value is -0.570. The zero-order valence-electron chi connectivity index (χ0n) is 6.00. The molecule has 3 heteroatoms. The van der Waals surface area contributed by atoms with Crippen LogP contribution in [0.2, 0.25) is 5.02 Å². The van der Waals surface area contributed by atoms with Gasteiger partial charge in [-0.25, -0.2) is 0 Å². The van der Waals surface area contributed by atoms with Gasteiger partial charge in [0.25, 0.3) is 0 Å². The largest absolute Gasteiger partial charge is 0.394 e. The van der Waals surface area contributed by atoms with Crippen LogP contribution in [-0.4, -0.2) is 11.7 Å². The molecule has 1 aromatic rings. The molecule has 2 nitrogen and oxygen atoms in total. The molecular weight excluding hydrogens is 162 g/mol. The molecule has 1 rings (SSSR count). The van der Waals surface area contributed by atoms with E-state index in [1.54, 1.807) is 12.1 Å². The van der Waals surface area contributed by atoms with Gasteiger partial charge in [0.1, 0.15) is 0 Å². The van der Waals surface area contributed by atoms with E-state index in [4.69, 9.17) is 22.4 Å². The molecule has 3 N–H and O–H groups in total. The van der Waals surface area contributed by atoms with Crippen LogP contribution < -0.4 is 5.73 Å². The SMILES string of the molecule is NC(CO)c1ccc(Cl)cc1. The second-order valence-electron chi connectivity index (χ2n) is 2.34. The molecular formula is C8H10ClNO. The number of aliphatic hydroxyl groups is 1. The molecule has 1 aromatic carbocycles. The molecule has 0 spiro atoms. The Balaban J connectivity index is 2.81. The van der Waals surface area contributed by atoms with E-state index in [2.05, 4.69) is 0 Å². The van der Waals surface area contributed by atoms with Crippen LogP contribution in [0.5, 0.6) is 0 Å². The van der Waals surface area contributed by atoms with E-state index in [9.17, 15) is 0 Å². The summed E-state index contributed by atoms with van der Waals surface area (Å²) in [4.78, 5) is 0. The van der Waals surface area contributed by atoms with Crippen molar-refractivity contribution in [3.63, 3.8) is 0 Å². The lowest BCUT2D eigenvalue weighted by molar-refractivity contribution is 0.268. The third-order valence-corrected chi connectivity index (χ3v) is 1.75. The van der Waals surface area contributed by atoms with Crippen LogP contribution in [0.25, 0.3) is 0 Å². The molecule has 0 fully saturated rings. The normalized spacial score (nSPS) is 13.0. The zero-order valence-corrected chi connectivity index (χ0v) is 6.75. The van der Waals surface area contributed by atoms with Crippen molar-refractivity contribution in [1.29, 1.82) is 0 Å². The predicted octanol–water partition coefficient (Wildman–Crippen LogP) is 1.33. The van der Waals surface area contributed by atoms with Crippen LogP contribution >= 0.6 is 11.6 Å². The summed E-state index contributed by atoms with van der Waals surface area (Å²) in [5, 5.41) is 9.38. The van der Waals surface area contributed by atoms with Gasteiger partial charge in [0.15, 0.2) is 0 Å². The average Bonchev–Trinajstić information content (AvgIpc) is 2.05. The smallest absolute Gasteiger partial charge is 0.0624 e. The Kier molecular flexibility index (Phi) is 2.88. The Morgan fingerprint density at radius 2 is 1.91 bits per heavy atom. The summed E-state index contributed by atoms with van der Waals surface area (Å²) < 4.78 is 0. The van der Waals surface area contributed by atoms with Crippen molar-refractivity contribution >= 4 is 11.6 Å². The summed E-state index contributed by atoms with van der Waals surface area (Å²) in [7, 11) is 0. The predicted molar refractivity (Wildman–Crippen MR) is 45.5 cm³/mol. The van der Waals surface area contributed by atoms with Crippen LogP contribution in [0.1, 0.15) is 11.6 Å². The monoisotopic (exact) mass is 171 g/mol. The lowest BCUT2D eigenvalue weighted by atomic mass is 10.1. The molecule has 0 bridgehead atoms. The summed E-state index contributed by atoms with van der Waals surface area (Å²) in [5.41, 5.74) is 6.45. The first-order valence-corrected chi connectivity index (χ1v) is 3.73. The van der Waals surface area contributed by atoms with Crippen molar-refractivity contribution in [3.8, 4) is 0 Å². The maximum atomic E-state index is 8.70. The number of benzene rings is 1. The molecule has 0 amide bonds. The van der Waals surface area contributed by atoms with Crippen LogP contribution in [0, 0.1) is 0 Å². The second-order valence-corrected chi connectivity index (χ2v) is 2.78. The minimum Gasteiger partial charge on any atom is -0.394 e. The highest BCUT2D eigenvalue weighted by Gasteiger charge is 2.02. The molecule has 0 aromatic heterocycles. The van der Waals surface area contributed by atoms with Crippen molar-refractivity contribution < 1.29 is 5.11 Å². The zero-order chi connectivity index (χ0) is 8.27. The van der Waals surface area contributed by atoms with Crippen molar-refractivity contribution in [3.05, 3.63) is 34.9 Å². The molecule has 1 atom stereocenters. The maximum Gasteiger partial charge on any atom is 0.0624 e. The minimum absolute atomic E-state index is 0.0400. The second kappa shape index (κ2) is 3.72. The van der Waals surface area contributed by atoms with Gasteiger partial charge in [-0.2, -0.15) is 0 Å². The molecule has 0 radical (unpaired) electrons. The number of rotatable bonds is 2. The summed E-state index contributed by atoms with van der Waals surface area (Å²) in [6, 6.07) is 6.83. The number of halogens is 1. The first-order chi connectivity index (χ1) is 5.24. The summed E-state index contributed by atoms with van der Waals surface area (Å²) in [6.07, 6.45) is 0. The Morgan fingerprint density at radius 3 is 2.36 bits per heavy atom. The summed E-state index contributed by atoms with van der Waals surface area (Å²) >= 11 is 5.66. The van der Waals surface area contributed by atoms with Gasteiger partial charge in [0, 0.05) is 5.02 Å². The molecule has 60 valence electrons. The lowest BCUT2D eigenvalue weighted by Crippen LogP contribution is -2.13. The van der Waals surface area contributed by atoms with Crippen LogP contribution in [-0.2, 0) is 0 Å². The number of aliphatic hydroxyl groups excluding tert-OH is 1. The number of hydrogen-bond acceptors (Lipinski definition) is 2. The van der Waals surface area contributed by atoms with Crippen LogP contribution in [0.3, 0.4) is 0 Å². The van der Waals surface area contributed by atoms with E-state index in [1.165, 1.54) is 0 Å². The molecule has 0 saturated heterocycles. The molecule has 0 heterocycles. The molecule has 0 aliphatic carbocycles. The highest BCUT2D eigenvalue weighted by Crippen LogP contribution is 2.13. The van der Waals surface area contributed by atoms with Gasteiger partial charge in [-0.1, -0.05) is 23.7 Å². The summed E-state index contributed by atoms with van der Waals surface area (Å²) in [5.74, 6) is 0. The maximum absolute atomic E-state index is 8.70. The third kappa shape index (κ3) is 2.19. The van der Waals surface area contributed by atoms with Crippen molar-refractivity contribution in [2.24, 2.45) is 5.73 Å². The first kappa shape index (κ1) is 8.53. The molecule has 0 aliphatic rings. The molecule has 0 aliphatic heterocycles. The van der Waals surface area contributed by atoms with Crippen molar-refractivity contribution in [2.75, 3.05) is 6.61 Å². The van der Waals surface area contributed by atoms with E-state index < -0.39 is 0 Å². The molecule has 11 heavy (non-hydrogen) atoms. The van der Waals surface area contributed by atoms with Crippen molar-refractivity contribution in [1.82, 2.24) is 0 Å². The Bertz CT molecular complexity index is 222. The van der Waals surface area contributed by atoms with E-state index in [0.29, 0.717) is 5.02 Å². The van der Waals surface area contributed by atoms with Crippen molar-refractivity contribution in [2.45, 2.75) is 6.04 Å². The number of nitrogens with two attached hydrogens (primary N) is 1. The van der Waals surface area contributed by atoms with Gasteiger partial charge in [0.05, 0.1) is 12.6 Å². The fraction of sp³-hybridized carbons (Fsp3) is 0.250. The first-order valence-electron chi connectivity index (χ1n) is 3.36. The fourth-order valence-corrected chi connectivity index (χ4v) is 0.941. The highest BCUT2D eigenvalue weighted by molar-refractivity contribution is 6.30. The van der Waals surface area contributed by atoms with Gasteiger partial charge in [0.2, 0.25) is 0 Å². The van der Waals surface area contributed by atoms with Crippen LogP contribution in [0.15, 0.2) is 24.3 Å². The molecule has 0 saturated carbocycles. The van der Waals surface area contributed by atoms with Gasteiger partial charge in [-0.15, -0.1) is 0 Å². The highest BCUT2D eigenvalue weighted by atomic mass is 35.5.